The fraction of sp³-hybridized carbons (Fsp3) is 0.438. The molecule has 3 heterocycles. The van der Waals surface area contributed by atoms with Crippen molar-refractivity contribution < 1.29 is 4.79 Å². The van der Waals surface area contributed by atoms with E-state index in [0.29, 0.717) is 5.69 Å². The van der Waals surface area contributed by atoms with Gasteiger partial charge in [0.2, 0.25) is 0 Å². The summed E-state index contributed by atoms with van der Waals surface area (Å²) in [4.78, 5) is 23.2. The molecule has 6 heteroatoms. The van der Waals surface area contributed by atoms with E-state index in [1.807, 2.05) is 17.5 Å². The molecule has 116 valence electrons. The summed E-state index contributed by atoms with van der Waals surface area (Å²) in [6.07, 6.45) is 5.67. The van der Waals surface area contributed by atoms with Crippen molar-refractivity contribution in [1.29, 1.82) is 0 Å². The molecule has 1 aliphatic rings. The zero-order valence-electron chi connectivity index (χ0n) is 12.7. The van der Waals surface area contributed by atoms with Gasteiger partial charge < -0.3 is 10.2 Å². The summed E-state index contributed by atoms with van der Waals surface area (Å²) in [5.74, 6) is -0.0747. The van der Waals surface area contributed by atoms with Gasteiger partial charge in [0.15, 0.2) is 0 Å². The molecule has 5 nitrogen and oxygen atoms in total. The number of carbonyl (C=O) groups is 1. The number of carbonyl (C=O) groups excluding carboxylic acids is 1. The van der Waals surface area contributed by atoms with Gasteiger partial charge in [0.05, 0.1) is 0 Å². The molecule has 1 saturated heterocycles. The van der Waals surface area contributed by atoms with Crippen LogP contribution in [-0.2, 0) is 0 Å². The molecule has 0 aromatic carbocycles. The Morgan fingerprint density at radius 1 is 1.55 bits per heavy atom. The van der Waals surface area contributed by atoms with Crippen molar-refractivity contribution in [3.63, 3.8) is 0 Å². The minimum Gasteiger partial charge on any atom is -0.347 e. The van der Waals surface area contributed by atoms with Gasteiger partial charge in [0.25, 0.3) is 5.91 Å². The molecule has 2 aromatic rings. The Morgan fingerprint density at radius 3 is 3.23 bits per heavy atom. The van der Waals surface area contributed by atoms with Crippen LogP contribution in [0.3, 0.4) is 0 Å². The molecule has 3 rings (SSSR count). The number of amides is 1. The highest BCUT2D eigenvalue weighted by atomic mass is 32.1. The molecule has 1 amide bonds. The quantitative estimate of drug-likeness (QED) is 0.941. The first-order chi connectivity index (χ1) is 10.8. The fourth-order valence-electron chi connectivity index (χ4n) is 2.72. The van der Waals surface area contributed by atoms with Crippen LogP contribution < -0.4 is 5.32 Å². The topological polar surface area (TPSA) is 58.1 Å². The van der Waals surface area contributed by atoms with Gasteiger partial charge >= 0.3 is 0 Å². The van der Waals surface area contributed by atoms with Crippen molar-refractivity contribution in [3.8, 4) is 10.6 Å². The summed E-state index contributed by atoms with van der Waals surface area (Å²) in [5, 5.41) is 5.76. The summed E-state index contributed by atoms with van der Waals surface area (Å²) in [6.45, 7) is 5.26. The maximum Gasteiger partial charge on any atom is 0.271 e. The lowest BCUT2D eigenvalue weighted by molar-refractivity contribution is 0.0901. The number of hydrogen-bond acceptors (Lipinski definition) is 5. The molecule has 1 atom stereocenters. The molecule has 0 radical (unpaired) electrons. The monoisotopic (exact) mass is 316 g/mol. The number of nitrogens with zero attached hydrogens (tertiary/aromatic N) is 3. The second-order valence-corrected chi connectivity index (χ2v) is 6.34. The molecule has 1 aliphatic heterocycles. The normalized spacial score (nSPS) is 19.0. The lowest BCUT2D eigenvalue weighted by Gasteiger charge is -2.32. The Bertz CT molecular complexity index is 628. The van der Waals surface area contributed by atoms with Crippen LogP contribution in [0.25, 0.3) is 10.6 Å². The van der Waals surface area contributed by atoms with E-state index in [4.69, 9.17) is 0 Å². The first-order valence-corrected chi connectivity index (χ1v) is 8.53. The van der Waals surface area contributed by atoms with Gasteiger partial charge in [-0.1, -0.05) is 6.92 Å². The number of hydrogen-bond donors (Lipinski definition) is 1. The number of pyridine rings is 1. The second-order valence-electron chi connectivity index (χ2n) is 5.49. The highest BCUT2D eigenvalue weighted by Crippen LogP contribution is 2.22. The molecule has 0 aliphatic carbocycles. The largest absolute Gasteiger partial charge is 0.347 e. The van der Waals surface area contributed by atoms with Crippen LogP contribution in [0.4, 0.5) is 0 Å². The number of piperidine rings is 1. The average molecular weight is 316 g/mol. The number of likely N-dealkylation sites (tertiary alicyclic amines) is 1. The van der Waals surface area contributed by atoms with Crippen LogP contribution in [-0.4, -0.2) is 46.5 Å². The molecule has 1 fully saturated rings. The highest BCUT2D eigenvalue weighted by Gasteiger charge is 2.22. The minimum atomic E-state index is -0.0747. The smallest absolute Gasteiger partial charge is 0.271 e. The van der Waals surface area contributed by atoms with E-state index in [9.17, 15) is 4.79 Å². The van der Waals surface area contributed by atoms with Crippen molar-refractivity contribution >= 4 is 17.2 Å². The third kappa shape index (κ3) is 3.51. The van der Waals surface area contributed by atoms with Crippen molar-refractivity contribution in [1.82, 2.24) is 20.2 Å². The summed E-state index contributed by atoms with van der Waals surface area (Å²) in [6, 6.07) is 4.05. The maximum atomic E-state index is 12.4. The molecule has 1 N–H and O–H groups in total. The molecular weight excluding hydrogens is 296 g/mol. The second kappa shape index (κ2) is 6.98. The van der Waals surface area contributed by atoms with Gasteiger partial charge in [-0.2, -0.15) is 0 Å². The summed E-state index contributed by atoms with van der Waals surface area (Å²) < 4.78 is 0. The number of likely N-dealkylation sites (N-methyl/N-ethyl adjacent to an activating group) is 1. The van der Waals surface area contributed by atoms with Crippen molar-refractivity contribution in [2.45, 2.75) is 25.8 Å². The van der Waals surface area contributed by atoms with Crippen LogP contribution in [0.5, 0.6) is 0 Å². The standard InChI is InChI=1S/C16H20N4OS/c1-2-20-8-4-6-13(10-20)18-15(21)14-11-22-16(19-14)12-5-3-7-17-9-12/h3,5,7,9,11,13H,2,4,6,8,10H2,1H3,(H,18,21). The number of nitrogens with one attached hydrogen (secondary N) is 1. The van der Waals surface area contributed by atoms with E-state index in [1.165, 1.54) is 11.3 Å². The lowest BCUT2D eigenvalue weighted by atomic mass is 10.1. The molecule has 2 aromatic heterocycles. The van der Waals surface area contributed by atoms with Crippen molar-refractivity contribution in [3.05, 3.63) is 35.6 Å². The third-order valence-corrected chi connectivity index (χ3v) is 4.82. The summed E-state index contributed by atoms with van der Waals surface area (Å²) in [5.41, 5.74) is 1.44. The Labute approximate surface area is 134 Å². The first kappa shape index (κ1) is 15.1. The van der Waals surface area contributed by atoms with E-state index in [0.717, 1.165) is 43.0 Å². The van der Waals surface area contributed by atoms with E-state index in [2.05, 4.69) is 27.1 Å². The average Bonchev–Trinajstić information content (AvgIpc) is 3.06. The van der Waals surface area contributed by atoms with Crippen LogP contribution in [0, 0.1) is 0 Å². The van der Waals surface area contributed by atoms with Crippen LogP contribution in [0.2, 0.25) is 0 Å². The third-order valence-electron chi connectivity index (χ3n) is 3.93. The SMILES string of the molecule is CCN1CCCC(NC(=O)c2csc(-c3cccnc3)n2)C1. The van der Waals surface area contributed by atoms with Crippen LogP contribution in [0.1, 0.15) is 30.3 Å². The molecule has 0 spiro atoms. The zero-order chi connectivity index (χ0) is 15.4. The van der Waals surface area contributed by atoms with Crippen LogP contribution in [0.15, 0.2) is 29.9 Å². The zero-order valence-corrected chi connectivity index (χ0v) is 13.5. The van der Waals surface area contributed by atoms with E-state index in [-0.39, 0.29) is 11.9 Å². The Balaban J connectivity index is 1.64. The minimum absolute atomic E-state index is 0.0747. The van der Waals surface area contributed by atoms with Gasteiger partial charge in [-0.25, -0.2) is 4.98 Å². The number of rotatable bonds is 4. The maximum absolute atomic E-state index is 12.4. The Kier molecular flexibility index (Phi) is 4.80. The summed E-state index contributed by atoms with van der Waals surface area (Å²) in [7, 11) is 0. The van der Waals surface area contributed by atoms with Gasteiger partial charge in [0.1, 0.15) is 10.7 Å². The number of thiazole rings is 1. The van der Waals surface area contributed by atoms with Gasteiger partial charge in [-0.15, -0.1) is 11.3 Å². The molecule has 22 heavy (non-hydrogen) atoms. The lowest BCUT2D eigenvalue weighted by Crippen LogP contribution is -2.47. The van der Waals surface area contributed by atoms with E-state index >= 15 is 0 Å². The van der Waals surface area contributed by atoms with Gasteiger partial charge in [-0.3, -0.25) is 9.78 Å². The van der Waals surface area contributed by atoms with E-state index < -0.39 is 0 Å². The Morgan fingerprint density at radius 2 is 2.45 bits per heavy atom. The molecular formula is C16H20N4OS. The Hall–Kier alpha value is -1.79. The van der Waals surface area contributed by atoms with E-state index in [1.54, 1.807) is 12.4 Å². The number of aromatic nitrogens is 2. The summed E-state index contributed by atoms with van der Waals surface area (Å²) >= 11 is 1.48. The van der Waals surface area contributed by atoms with Gasteiger partial charge in [-0.05, 0) is 38.1 Å². The van der Waals surface area contributed by atoms with Gasteiger partial charge in [0, 0.05) is 35.9 Å². The molecule has 1 unspecified atom stereocenters. The first-order valence-electron chi connectivity index (χ1n) is 7.65. The predicted octanol–water partition coefficient (Wildman–Crippen LogP) is 2.42. The molecule has 0 saturated carbocycles. The fourth-order valence-corrected chi connectivity index (χ4v) is 3.51. The van der Waals surface area contributed by atoms with Crippen molar-refractivity contribution in [2.75, 3.05) is 19.6 Å². The van der Waals surface area contributed by atoms with Crippen molar-refractivity contribution in [2.24, 2.45) is 0 Å². The highest BCUT2D eigenvalue weighted by molar-refractivity contribution is 7.13. The predicted molar refractivity (Wildman–Crippen MR) is 87.9 cm³/mol. The molecule has 0 bridgehead atoms. The van der Waals surface area contributed by atoms with Crippen LogP contribution >= 0.6 is 11.3 Å².